The Kier molecular flexibility index (Phi) is 4.58. The molecule has 0 aliphatic carbocycles. The van der Waals surface area contributed by atoms with Crippen molar-refractivity contribution in [3.63, 3.8) is 0 Å². The van der Waals surface area contributed by atoms with Gasteiger partial charge in [-0.2, -0.15) is 0 Å². The Morgan fingerprint density at radius 3 is 2.80 bits per heavy atom. The molecule has 0 unspecified atom stereocenters. The molecule has 0 radical (unpaired) electrons. The molecule has 0 spiro atoms. The Balaban J connectivity index is 1.82. The summed E-state index contributed by atoms with van der Waals surface area (Å²) in [7, 11) is 1.24. The molecule has 1 heterocycles. The second-order valence-electron chi connectivity index (χ2n) is 5.19. The molecule has 1 aliphatic rings. The van der Waals surface area contributed by atoms with Crippen LogP contribution in [0.3, 0.4) is 0 Å². The van der Waals surface area contributed by atoms with Gasteiger partial charge in [0.25, 0.3) is 11.8 Å². The summed E-state index contributed by atoms with van der Waals surface area (Å²) < 4.78 is 9.89. The van der Waals surface area contributed by atoms with Crippen molar-refractivity contribution in [2.45, 2.75) is 0 Å². The highest BCUT2D eigenvalue weighted by Gasteiger charge is 2.18. The smallest absolute Gasteiger partial charge is 0.339 e. The molecule has 0 atom stereocenters. The predicted molar refractivity (Wildman–Crippen MR) is 91.3 cm³/mol. The number of methoxy groups -OCH3 is 1. The van der Waals surface area contributed by atoms with Gasteiger partial charge >= 0.3 is 5.97 Å². The van der Waals surface area contributed by atoms with Crippen LogP contribution in [0.5, 0.6) is 5.75 Å². The van der Waals surface area contributed by atoms with E-state index in [0.29, 0.717) is 22.7 Å². The number of nitrogens with one attached hydrogen (secondary N) is 2. The van der Waals surface area contributed by atoms with Crippen LogP contribution in [0.25, 0.3) is 0 Å². The van der Waals surface area contributed by atoms with Crippen LogP contribution in [-0.2, 0) is 9.53 Å². The van der Waals surface area contributed by atoms with Crippen molar-refractivity contribution in [2.24, 2.45) is 0 Å². The number of benzene rings is 2. The van der Waals surface area contributed by atoms with E-state index in [1.54, 1.807) is 18.2 Å². The molecule has 1 aliphatic heterocycles. The molecule has 25 heavy (non-hydrogen) atoms. The van der Waals surface area contributed by atoms with Crippen molar-refractivity contribution in [2.75, 3.05) is 24.4 Å². The highest BCUT2D eigenvalue weighted by Crippen LogP contribution is 2.29. The van der Waals surface area contributed by atoms with Crippen molar-refractivity contribution in [1.29, 1.82) is 0 Å². The largest absolute Gasteiger partial charge is 0.482 e. The number of ether oxygens (including phenoxy) is 2. The van der Waals surface area contributed by atoms with E-state index in [0.717, 1.165) is 0 Å². The zero-order chi connectivity index (χ0) is 18.0. The molecule has 7 nitrogen and oxygen atoms in total. The second-order valence-corrected chi connectivity index (χ2v) is 5.60. The molecule has 0 bridgehead atoms. The monoisotopic (exact) mass is 360 g/mol. The second kappa shape index (κ2) is 6.82. The van der Waals surface area contributed by atoms with E-state index < -0.39 is 11.9 Å². The van der Waals surface area contributed by atoms with Gasteiger partial charge in [0, 0.05) is 11.3 Å². The number of hydrogen-bond donors (Lipinski definition) is 2. The Morgan fingerprint density at radius 2 is 2.04 bits per heavy atom. The average Bonchev–Trinajstić information content (AvgIpc) is 2.61. The first-order valence-corrected chi connectivity index (χ1v) is 7.61. The molecule has 0 aromatic heterocycles. The lowest BCUT2D eigenvalue weighted by Crippen LogP contribution is -2.25. The van der Waals surface area contributed by atoms with Crippen LogP contribution in [0, 0.1) is 0 Å². The van der Waals surface area contributed by atoms with Gasteiger partial charge in [-0.3, -0.25) is 9.59 Å². The molecular weight excluding hydrogens is 348 g/mol. The van der Waals surface area contributed by atoms with Crippen molar-refractivity contribution >= 4 is 40.8 Å². The summed E-state index contributed by atoms with van der Waals surface area (Å²) in [6.07, 6.45) is 0. The summed E-state index contributed by atoms with van der Waals surface area (Å²) in [5, 5.41) is 5.52. The van der Waals surface area contributed by atoms with Crippen LogP contribution in [0.1, 0.15) is 20.7 Å². The topological polar surface area (TPSA) is 93.7 Å². The number of carbonyl (C=O) groups excluding carboxylic acids is 3. The minimum Gasteiger partial charge on any atom is -0.482 e. The van der Waals surface area contributed by atoms with E-state index in [2.05, 4.69) is 15.4 Å². The van der Waals surface area contributed by atoms with Crippen molar-refractivity contribution < 1.29 is 23.9 Å². The van der Waals surface area contributed by atoms with Crippen molar-refractivity contribution in [3.8, 4) is 5.75 Å². The van der Waals surface area contributed by atoms with E-state index in [1.165, 1.54) is 25.3 Å². The van der Waals surface area contributed by atoms with Gasteiger partial charge in [-0.05, 0) is 36.4 Å². The number of amides is 2. The molecule has 0 saturated carbocycles. The van der Waals surface area contributed by atoms with Gasteiger partial charge in [0.05, 0.1) is 23.4 Å². The summed E-state index contributed by atoms with van der Waals surface area (Å²) in [5.74, 6) is -0.809. The molecule has 8 heteroatoms. The molecule has 0 saturated heterocycles. The van der Waals surface area contributed by atoms with E-state index in [4.69, 9.17) is 16.3 Å². The molecule has 2 aromatic rings. The first-order chi connectivity index (χ1) is 12.0. The zero-order valence-electron chi connectivity index (χ0n) is 13.1. The number of fused-ring (bicyclic) bond motifs is 1. The third-order valence-electron chi connectivity index (χ3n) is 3.50. The zero-order valence-corrected chi connectivity index (χ0v) is 13.8. The fourth-order valence-corrected chi connectivity index (χ4v) is 2.49. The van der Waals surface area contributed by atoms with Crippen LogP contribution in [-0.4, -0.2) is 31.5 Å². The van der Waals surface area contributed by atoms with Gasteiger partial charge in [0.2, 0.25) is 0 Å². The van der Waals surface area contributed by atoms with Gasteiger partial charge < -0.3 is 20.1 Å². The van der Waals surface area contributed by atoms with Crippen LogP contribution >= 0.6 is 11.6 Å². The van der Waals surface area contributed by atoms with Gasteiger partial charge in [-0.1, -0.05) is 11.6 Å². The standard InChI is InChI=1S/C17H13ClN2O5/c1-24-17(23)11-7-10(3-4-12(11)18)19-16(22)9-2-5-14-13(6-9)20-15(21)8-25-14/h2-7H,8H2,1H3,(H,19,22)(H,20,21). The van der Waals surface area contributed by atoms with E-state index in [-0.39, 0.29) is 23.1 Å². The SMILES string of the molecule is COC(=O)c1cc(NC(=O)c2ccc3c(c2)NC(=O)CO3)ccc1Cl. The highest BCUT2D eigenvalue weighted by molar-refractivity contribution is 6.33. The lowest BCUT2D eigenvalue weighted by atomic mass is 10.1. The molecule has 3 rings (SSSR count). The van der Waals surface area contributed by atoms with Crippen LogP contribution in [0.4, 0.5) is 11.4 Å². The average molecular weight is 361 g/mol. The number of carbonyl (C=O) groups is 3. The maximum absolute atomic E-state index is 12.4. The van der Waals surface area contributed by atoms with Gasteiger partial charge in [0.15, 0.2) is 6.61 Å². The number of esters is 1. The Labute approximate surface area is 147 Å². The number of halogens is 1. The molecule has 2 amide bonds. The summed E-state index contributed by atoms with van der Waals surface area (Å²) in [6.45, 7) is -0.0559. The van der Waals surface area contributed by atoms with E-state index >= 15 is 0 Å². The molecule has 128 valence electrons. The molecule has 2 aromatic carbocycles. The maximum atomic E-state index is 12.4. The molecule has 2 N–H and O–H groups in total. The summed E-state index contributed by atoms with van der Waals surface area (Å²) in [6, 6.07) is 9.17. The Hall–Kier alpha value is -3.06. The van der Waals surface area contributed by atoms with Crippen LogP contribution in [0.2, 0.25) is 5.02 Å². The first-order valence-electron chi connectivity index (χ1n) is 7.24. The normalized spacial score (nSPS) is 12.5. The quantitative estimate of drug-likeness (QED) is 0.821. The van der Waals surface area contributed by atoms with Gasteiger partial charge in [-0.25, -0.2) is 4.79 Å². The number of rotatable bonds is 3. The van der Waals surface area contributed by atoms with E-state index in [1.807, 2.05) is 0 Å². The minimum atomic E-state index is -0.602. The first kappa shape index (κ1) is 16.8. The summed E-state index contributed by atoms with van der Waals surface area (Å²) in [4.78, 5) is 35.4. The Morgan fingerprint density at radius 1 is 1.24 bits per heavy atom. The Bertz CT molecular complexity index is 881. The summed E-state index contributed by atoms with van der Waals surface area (Å²) in [5.41, 5.74) is 1.27. The fourth-order valence-electron chi connectivity index (χ4n) is 2.30. The van der Waals surface area contributed by atoms with Gasteiger partial charge in [-0.15, -0.1) is 0 Å². The minimum absolute atomic E-state index is 0.0559. The fraction of sp³-hybridized carbons (Fsp3) is 0.118. The number of anilines is 2. The van der Waals surface area contributed by atoms with Crippen LogP contribution in [0.15, 0.2) is 36.4 Å². The maximum Gasteiger partial charge on any atom is 0.339 e. The predicted octanol–water partition coefficient (Wildman–Crippen LogP) is 2.71. The van der Waals surface area contributed by atoms with Crippen molar-refractivity contribution in [1.82, 2.24) is 0 Å². The number of hydrogen-bond acceptors (Lipinski definition) is 5. The third-order valence-corrected chi connectivity index (χ3v) is 3.83. The lowest BCUT2D eigenvalue weighted by molar-refractivity contribution is -0.118. The van der Waals surface area contributed by atoms with Crippen molar-refractivity contribution in [3.05, 3.63) is 52.5 Å². The molecule has 0 fully saturated rings. The third kappa shape index (κ3) is 3.56. The van der Waals surface area contributed by atoms with Crippen LogP contribution < -0.4 is 15.4 Å². The summed E-state index contributed by atoms with van der Waals surface area (Å²) >= 11 is 5.95. The highest BCUT2D eigenvalue weighted by atomic mass is 35.5. The lowest BCUT2D eigenvalue weighted by Gasteiger charge is -2.18. The van der Waals surface area contributed by atoms with Gasteiger partial charge in [0.1, 0.15) is 5.75 Å². The van der Waals surface area contributed by atoms with E-state index in [9.17, 15) is 14.4 Å². The molecular formula is C17H13ClN2O5.